The maximum absolute atomic E-state index is 10.7. The molecule has 0 aromatic carbocycles. The highest BCUT2D eigenvalue weighted by Gasteiger charge is 2.28. The van der Waals surface area contributed by atoms with Crippen molar-refractivity contribution in [1.29, 1.82) is 0 Å². The Balaban J connectivity index is 1.81. The summed E-state index contributed by atoms with van der Waals surface area (Å²) < 4.78 is 6.87. The zero-order chi connectivity index (χ0) is 11.8. The SMILES string of the molecule is O=C(O)c1ccc(Sc2nnnn2C2CC2)o1. The highest BCUT2D eigenvalue weighted by atomic mass is 32.2. The van der Waals surface area contributed by atoms with Crippen LogP contribution in [-0.2, 0) is 0 Å². The molecule has 3 rings (SSSR count). The van der Waals surface area contributed by atoms with Gasteiger partial charge in [0, 0.05) is 0 Å². The third kappa shape index (κ3) is 2.03. The standard InChI is InChI=1S/C9H8N4O3S/c14-8(15)6-3-4-7(16-6)17-9-10-11-12-13(9)5-1-2-5/h3-5H,1-2H2,(H,14,15). The lowest BCUT2D eigenvalue weighted by Gasteiger charge is -1.98. The number of aromatic carboxylic acids is 1. The second-order valence-corrected chi connectivity index (χ2v) is 4.63. The van der Waals surface area contributed by atoms with Crippen LogP contribution >= 0.6 is 11.8 Å². The van der Waals surface area contributed by atoms with Crippen LogP contribution in [0.15, 0.2) is 26.8 Å². The molecule has 0 spiro atoms. The zero-order valence-corrected chi connectivity index (χ0v) is 9.42. The van der Waals surface area contributed by atoms with Gasteiger partial charge in [-0.1, -0.05) is 0 Å². The summed E-state index contributed by atoms with van der Waals surface area (Å²) in [5.74, 6) is -1.17. The van der Waals surface area contributed by atoms with Gasteiger partial charge in [-0.25, -0.2) is 9.48 Å². The molecule has 1 N–H and O–H groups in total. The molecular formula is C9H8N4O3S. The van der Waals surface area contributed by atoms with Crippen molar-refractivity contribution in [1.82, 2.24) is 20.2 Å². The second kappa shape index (κ2) is 3.88. The average molecular weight is 252 g/mol. The highest BCUT2D eigenvalue weighted by Crippen LogP contribution is 2.38. The van der Waals surface area contributed by atoms with Crippen molar-refractivity contribution in [3.63, 3.8) is 0 Å². The van der Waals surface area contributed by atoms with Gasteiger partial charge >= 0.3 is 5.97 Å². The maximum atomic E-state index is 10.7. The van der Waals surface area contributed by atoms with Gasteiger partial charge in [0.15, 0.2) is 5.09 Å². The smallest absolute Gasteiger partial charge is 0.371 e. The van der Waals surface area contributed by atoms with Crippen LogP contribution in [0.4, 0.5) is 0 Å². The number of nitrogens with zero attached hydrogens (tertiary/aromatic N) is 4. The highest BCUT2D eigenvalue weighted by molar-refractivity contribution is 7.99. The van der Waals surface area contributed by atoms with E-state index in [0.29, 0.717) is 16.3 Å². The molecule has 1 saturated carbocycles. The molecule has 7 nitrogen and oxygen atoms in total. The van der Waals surface area contributed by atoms with Crippen LogP contribution in [0.1, 0.15) is 29.4 Å². The number of hydrogen-bond acceptors (Lipinski definition) is 6. The first-order valence-electron chi connectivity index (χ1n) is 5.03. The Kier molecular flexibility index (Phi) is 2.36. The first-order valence-corrected chi connectivity index (χ1v) is 5.84. The van der Waals surface area contributed by atoms with E-state index in [4.69, 9.17) is 9.52 Å². The van der Waals surface area contributed by atoms with Crippen LogP contribution in [-0.4, -0.2) is 31.3 Å². The lowest BCUT2D eigenvalue weighted by atomic mass is 10.5. The maximum Gasteiger partial charge on any atom is 0.371 e. The molecule has 1 aliphatic rings. The molecule has 0 atom stereocenters. The van der Waals surface area contributed by atoms with Crippen molar-refractivity contribution in [2.45, 2.75) is 29.1 Å². The largest absolute Gasteiger partial charge is 0.475 e. The summed E-state index contributed by atoms with van der Waals surface area (Å²) in [6.45, 7) is 0. The lowest BCUT2D eigenvalue weighted by Crippen LogP contribution is -1.98. The molecular weight excluding hydrogens is 244 g/mol. The van der Waals surface area contributed by atoms with Gasteiger partial charge in [0.05, 0.1) is 6.04 Å². The van der Waals surface area contributed by atoms with E-state index in [1.165, 1.54) is 17.8 Å². The summed E-state index contributed by atoms with van der Waals surface area (Å²) in [5.41, 5.74) is 0. The predicted octanol–water partition coefficient (Wildman–Crippen LogP) is 1.45. The molecule has 2 aromatic heterocycles. The number of tetrazole rings is 1. The molecule has 17 heavy (non-hydrogen) atoms. The Labute approximate surface area is 99.8 Å². The van der Waals surface area contributed by atoms with Gasteiger partial charge in [0.25, 0.3) is 0 Å². The number of carboxylic acid groups (broad SMARTS) is 1. The van der Waals surface area contributed by atoms with Gasteiger partial charge < -0.3 is 9.52 Å². The fourth-order valence-electron chi connectivity index (χ4n) is 1.38. The van der Waals surface area contributed by atoms with Crippen molar-refractivity contribution >= 4 is 17.7 Å². The summed E-state index contributed by atoms with van der Waals surface area (Å²) in [6, 6.07) is 3.39. The van der Waals surface area contributed by atoms with Crippen LogP contribution in [0.25, 0.3) is 0 Å². The van der Waals surface area contributed by atoms with Gasteiger partial charge in [0.1, 0.15) is 0 Å². The number of carbonyl (C=O) groups is 1. The van der Waals surface area contributed by atoms with Crippen LogP contribution in [0.2, 0.25) is 0 Å². The molecule has 0 amide bonds. The zero-order valence-electron chi connectivity index (χ0n) is 8.61. The van der Waals surface area contributed by atoms with Crippen molar-refractivity contribution < 1.29 is 14.3 Å². The van der Waals surface area contributed by atoms with Crippen LogP contribution in [0.3, 0.4) is 0 Å². The van der Waals surface area contributed by atoms with Crippen molar-refractivity contribution in [3.8, 4) is 0 Å². The second-order valence-electron chi connectivity index (χ2n) is 3.66. The van der Waals surface area contributed by atoms with E-state index >= 15 is 0 Å². The van der Waals surface area contributed by atoms with Gasteiger partial charge in [-0.15, -0.1) is 5.10 Å². The van der Waals surface area contributed by atoms with E-state index in [-0.39, 0.29) is 5.76 Å². The Bertz CT molecular complexity index is 560. The number of aromatic nitrogens is 4. The summed E-state index contributed by atoms with van der Waals surface area (Å²) >= 11 is 1.22. The summed E-state index contributed by atoms with van der Waals surface area (Å²) in [5, 5.41) is 21.2. The lowest BCUT2D eigenvalue weighted by molar-refractivity contribution is 0.0656. The third-order valence-corrected chi connectivity index (χ3v) is 3.21. The number of hydrogen-bond donors (Lipinski definition) is 1. The Morgan fingerprint density at radius 3 is 3.00 bits per heavy atom. The van der Waals surface area contributed by atoms with Gasteiger partial charge in [0.2, 0.25) is 10.9 Å². The molecule has 88 valence electrons. The van der Waals surface area contributed by atoms with Crippen LogP contribution in [0, 0.1) is 0 Å². The topological polar surface area (TPSA) is 94.0 Å². The Morgan fingerprint density at radius 1 is 1.53 bits per heavy atom. The van der Waals surface area contributed by atoms with Crippen LogP contribution < -0.4 is 0 Å². The van der Waals surface area contributed by atoms with E-state index in [1.807, 2.05) is 0 Å². The van der Waals surface area contributed by atoms with E-state index in [2.05, 4.69) is 15.5 Å². The van der Waals surface area contributed by atoms with Gasteiger partial charge in [-0.2, -0.15) is 0 Å². The minimum Gasteiger partial charge on any atom is -0.475 e. The van der Waals surface area contributed by atoms with Crippen molar-refractivity contribution in [2.24, 2.45) is 0 Å². The minimum atomic E-state index is -1.08. The monoisotopic (exact) mass is 252 g/mol. The summed E-state index contributed by atoms with van der Waals surface area (Å²) in [6.07, 6.45) is 2.16. The molecule has 2 heterocycles. The molecule has 0 saturated heterocycles. The van der Waals surface area contributed by atoms with E-state index in [1.54, 1.807) is 10.7 Å². The molecule has 0 unspecified atom stereocenters. The number of furan rings is 1. The first-order chi connectivity index (χ1) is 8.24. The molecule has 8 heteroatoms. The van der Waals surface area contributed by atoms with Crippen molar-refractivity contribution in [2.75, 3.05) is 0 Å². The molecule has 0 bridgehead atoms. The molecule has 2 aromatic rings. The number of carboxylic acids is 1. The fraction of sp³-hybridized carbons (Fsp3) is 0.333. The number of rotatable bonds is 4. The Morgan fingerprint density at radius 2 is 2.35 bits per heavy atom. The first kappa shape index (κ1) is 10.3. The fourth-order valence-corrected chi connectivity index (χ4v) is 2.18. The van der Waals surface area contributed by atoms with Crippen LogP contribution in [0.5, 0.6) is 0 Å². The molecule has 0 aliphatic heterocycles. The van der Waals surface area contributed by atoms with Gasteiger partial charge in [-0.05, 0) is 47.2 Å². The normalized spacial score (nSPS) is 15.1. The summed E-state index contributed by atoms with van der Waals surface area (Å²) in [7, 11) is 0. The van der Waals surface area contributed by atoms with Gasteiger partial charge in [-0.3, -0.25) is 0 Å². The predicted molar refractivity (Wildman–Crippen MR) is 55.9 cm³/mol. The minimum absolute atomic E-state index is 0.0852. The molecule has 1 fully saturated rings. The van der Waals surface area contributed by atoms with E-state index in [9.17, 15) is 4.79 Å². The molecule has 0 radical (unpaired) electrons. The van der Waals surface area contributed by atoms with E-state index in [0.717, 1.165) is 12.8 Å². The van der Waals surface area contributed by atoms with Crippen molar-refractivity contribution in [3.05, 3.63) is 17.9 Å². The summed E-state index contributed by atoms with van der Waals surface area (Å²) in [4.78, 5) is 10.7. The molecule has 1 aliphatic carbocycles. The van der Waals surface area contributed by atoms with E-state index < -0.39 is 5.97 Å². The third-order valence-electron chi connectivity index (χ3n) is 2.34. The quantitative estimate of drug-likeness (QED) is 0.879. The Hall–Kier alpha value is -1.83. The average Bonchev–Trinajstić information content (AvgIpc) is 2.86.